The van der Waals surface area contributed by atoms with E-state index in [1.807, 2.05) is 12.1 Å². The van der Waals surface area contributed by atoms with Gasteiger partial charge in [0.25, 0.3) is 0 Å². The van der Waals surface area contributed by atoms with Gasteiger partial charge < -0.3 is 9.88 Å². The SMILES string of the molecule is CCNC(c1ccn(Cc2ccc(Cl)cc2Cl)c1)C1CC1. The predicted octanol–water partition coefficient (Wildman–Crippen LogP) is 4.90. The molecular weight excluding hydrogens is 303 g/mol. The summed E-state index contributed by atoms with van der Waals surface area (Å²) in [4.78, 5) is 0. The Morgan fingerprint density at radius 1 is 1.29 bits per heavy atom. The average Bonchev–Trinajstić information content (AvgIpc) is 3.19. The van der Waals surface area contributed by atoms with Crippen LogP contribution in [0.1, 0.15) is 36.9 Å². The highest BCUT2D eigenvalue weighted by atomic mass is 35.5. The summed E-state index contributed by atoms with van der Waals surface area (Å²) in [7, 11) is 0. The van der Waals surface area contributed by atoms with E-state index in [2.05, 4.69) is 35.3 Å². The molecule has 1 aromatic carbocycles. The monoisotopic (exact) mass is 322 g/mol. The van der Waals surface area contributed by atoms with E-state index in [1.54, 1.807) is 6.07 Å². The topological polar surface area (TPSA) is 17.0 Å². The standard InChI is InChI=1S/C17H20Cl2N2/c1-2-20-17(12-3-4-12)14-7-8-21(11-14)10-13-5-6-15(18)9-16(13)19/h5-9,11-12,17,20H,2-4,10H2,1H3. The van der Waals surface area contributed by atoms with Gasteiger partial charge in [-0.05, 0) is 54.6 Å². The van der Waals surface area contributed by atoms with E-state index in [-0.39, 0.29) is 0 Å². The van der Waals surface area contributed by atoms with Gasteiger partial charge >= 0.3 is 0 Å². The third kappa shape index (κ3) is 3.63. The van der Waals surface area contributed by atoms with Crippen molar-refractivity contribution in [2.75, 3.05) is 6.54 Å². The van der Waals surface area contributed by atoms with Gasteiger partial charge in [-0.25, -0.2) is 0 Å². The Labute approximate surface area is 136 Å². The van der Waals surface area contributed by atoms with Crippen molar-refractivity contribution in [2.45, 2.75) is 32.4 Å². The molecule has 2 aromatic rings. The minimum absolute atomic E-state index is 0.497. The van der Waals surface area contributed by atoms with Crippen LogP contribution in [0.25, 0.3) is 0 Å². The number of nitrogens with zero attached hydrogens (tertiary/aromatic N) is 1. The van der Waals surface area contributed by atoms with Gasteiger partial charge in [0.15, 0.2) is 0 Å². The average molecular weight is 323 g/mol. The molecule has 0 radical (unpaired) electrons. The molecule has 1 aliphatic rings. The molecule has 0 aliphatic heterocycles. The lowest BCUT2D eigenvalue weighted by molar-refractivity contribution is 0.495. The fourth-order valence-corrected chi connectivity index (χ4v) is 3.26. The lowest BCUT2D eigenvalue weighted by Crippen LogP contribution is -2.22. The molecule has 1 saturated carbocycles. The molecule has 1 N–H and O–H groups in total. The van der Waals surface area contributed by atoms with Gasteiger partial charge in [0.2, 0.25) is 0 Å². The Kier molecular flexibility index (Phi) is 4.58. The van der Waals surface area contributed by atoms with Crippen LogP contribution in [-0.4, -0.2) is 11.1 Å². The first-order valence-electron chi connectivity index (χ1n) is 7.50. The van der Waals surface area contributed by atoms with Gasteiger partial charge in [-0.2, -0.15) is 0 Å². The molecule has 3 rings (SSSR count). The molecule has 0 spiro atoms. The quantitative estimate of drug-likeness (QED) is 0.800. The Bertz CT molecular complexity index is 617. The number of hydrogen-bond acceptors (Lipinski definition) is 1. The molecule has 0 bridgehead atoms. The Morgan fingerprint density at radius 3 is 2.76 bits per heavy atom. The van der Waals surface area contributed by atoms with Gasteiger partial charge in [-0.15, -0.1) is 0 Å². The van der Waals surface area contributed by atoms with Gasteiger partial charge in [0.05, 0.1) is 0 Å². The van der Waals surface area contributed by atoms with Crippen LogP contribution in [0, 0.1) is 5.92 Å². The van der Waals surface area contributed by atoms with Crippen LogP contribution in [0.2, 0.25) is 10.0 Å². The summed E-state index contributed by atoms with van der Waals surface area (Å²) in [5, 5.41) is 5.00. The Balaban J connectivity index is 1.75. The zero-order valence-corrected chi connectivity index (χ0v) is 13.7. The predicted molar refractivity (Wildman–Crippen MR) is 89.1 cm³/mol. The summed E-state index contributed by atoms with van der Waals surface area (Å²) in [5.74, 6) is 0.805. The molecule has 1 aliphatic carbocycles. The summed E-state index contributed by atoms with van der Waals surface area (Å²) in [6.07, 6.45) is 7.04. The molecule has 1 aromatic heterocycles. The second-order valence-corrected chi connectivity index (χ2v) is 6.57. The number of halogens is 2. The summed E-state index contributed by atoms with van der Waals surface area (Å²) >= 11 is 12.2. The number of benzene rings is 1. The third-order valence-electron chi connectivity index (χ3n) is 4.02. The molecule has 1 unspecified atom stereocenters. The smallest absolute Gasteiger partial charge is 0.0485 e. The maximum atomic E-state index is 6.25. The van der Waals surface area contributed by atoms with Crippen molar-refractivity contribution in [1.29, 1.82) is 0 Å². The molecule has 0 saturated heterocycles. The molecule has 112 valence electrons. The first kappa shape index (κ1) is 15.0. The normalized spacial score (nSPS) is 16.1. The highest BCUT2D eigenvalue weighted by Gasteiger charge is 2.32. The summed E-state index contributed by atoms with van der Waals surface area (Å²) in [6.45, 7) is 3.95. The van der Waals surface area contributed by atoms with E-state index in [4.69, 9.17) is 23.2 Å². The number of rotatable bonds is 6. The molecule has 4 heteroatoms. The van der Waals surface area contributed by atoms with Crippen molar-refractivity contribution in [2.24, 2.45) is 5.92 Å². The first-order valence-corrected chi connectivity index (χ1v) is 8.26. The van der Waals surface area contributed by atoms with Crippen molar-refractivity contribution in [3.05, 3.63) is 57.8 Å². The van der Waals surface area contributed by atoms with Crippen LogP contribution in [-0.2, 0) is 6.54 Å². The highest BCUT2D eigenvalue weighted by Crippen LogP contribution is 2.41. The van der Waals surface area contributed by atoms with E-state index in [1.165, 1.54) is 18.4 Å². The zero-order valence-electron chi connectivity index (χ0n) is 12.2. The van der Waals surface area contributed by atoms with Gasteiger partial charge in [0.1, 0.15) is 0 Å². The summed E-state index contributed by atoms with van der Waals surface area (Å²) < 4.78 is 2.19. The van der Waals surface area contributed by atoms with Gasteiger partial charge in [-0.3, -0.25) is 0 Å². The minimum Gasteiger partial charge on any atom is -0.350 e. The van der Waals surface area contributed by atoms with E-state index >= 15 is 0 Å². The second-order valence-electron chi connectivity index (χ2n) is 5.73. The minimum atomic E-state index is 0.497. The van der Waals surface area contributed by atoms with E-state index < -0.39 is 0 Å². The number of aromatic nitrogens is 1. The summed E-state index contributed by atoms with van der Waals surface area (Å²) in [6, 6.07) is 8.40. The molecule has 1 heterocycles. The second kappa shape index (κ2) is 6.43. The van der Waals surface area contributed by atoms with Crippen LogP contribution in [0.3, 0.4) is 0 Å². The van der Waals surface area contributed by atoms with Crippen molar-refractivity contribution >= 4 is 23.2 Å². The van der Waals surface area contributed by atoms with Crippen molar-refractivity contribution in [3.8, 4) is 0 Å². The molecule has 1 fully saturated rings. The van der Waals surface area contributed by atoms with Crippen LogP contribution in [0.5, 0.6) is 0 Å². The van der Waals surface area contributed by atoms with Crippen LogP contribution >= 0.6 is 23.2 Å². The van der Waals surface area contributed by atoms with Crippen molar-refractivity contribution < 1.29 is 0 Å². The lowest BCUT2D eigenvalue weighted by Gasteiger charge is -2.15. The third-order valence-corrected chi connectivity index (χ3v) is 4.60. The number of nitrogens with one attached hydrogen (secondary N) is 1. The fourth-order valence-electron chi connectivity index (χ4n) is 2.79. The van der Waals surface area contributed by atoms with Crippen molar-refractivity contribution in [1.82, 2.24) is 9.88 Å². The molecule has 1 atom stereocenters. The van der Waals surface area contributed by atoms with Crippen LogP contribution in [0.15, 0.2) is 36.7 Å². The molecule has 0 amide bonds. The lowest BCUT2D eigenvalue weighted by atomic mass is 10.1. The largest absolute Gasteiger partial charge is 0.350 e. The van der Waals surface area contributed by atoms with Crippen molar-refractivity contribution in [3.63, 3.8) is 0 Å². The number of hydrogen-bond donors (Lipinski definition) is 1. The zero-order chi connectivity index (χ0) is 14.8. The molecular formula is C17H20Cl2N2. The van der Waals surface area contributed by atoms with Gasteiger partial charge in [-0.1, -0.05) is 36.2 Å². The summed E-state index contributed by atoms with van der Waals surface area (Å²) in [5.41, 5.74) is 2.47. The molecule has 21 heavy (non-hydrogen) atoms. The van der Waals surface area contributed by atoms with Crippen LogP contribution < -0.4 is 5.32 Å². The van der Waals surface area contributed by atoms with Gasteiger partial charge in [0, 0.05) is 35.0 Å². The maximum Gasteiger partial charge on any atom is 0.0485 e. The first-order chi connectivity index (χ1) is 10.2. The van der Waals surface area contributed by atoms with E-state index in [0.29, 0.717) is 11.1 Å². The van der Waals surface area contributed by atoms with E-state index in [0.717, 1.165) is 29.6 Å². The maximum absolute atomic E-state index is 6.25. The Hall–Kier alpha value is -0.960. The fraction of sp³-hybridized carbons (Fsp3) is 0.412. The highest BCUT2D eigenvalue weighted by molar-refractivity contribution is 6.35. The van der Waals surface area contributed by atoms with E-state index in [9.17, 15) is 0 Å². The molecule has 2 nitrogen and oxygen atoms in total. The van der Waals surface area contributed by atoms with Crippen LogP contribution in [0.4, 0.5) is 0 Å². The Morgan fingerprint density at radius 2 is 2.10 bits per heavy atom.